The Labute approximate surface area is 93.5 Å². The fraction of sp³-hybridized carbons (Fsp3) is 0.857. The van der Waals surface area contributed by atoms with E-state index in [0.717, 1.165) is 12.0 Å². The van der Waals surface area contributed by atoms with Gasteiger partial charge >= 0.3 is 0 Å². The molecule has 84 valence electrons. The molecule has 2 saturated heterocycles. The third-order valence-corrected chi connectivity index (χ3v) is 4.57. The van der Waals surface area contributed by atoms with Gasteiger partial charge in [-0.05, 0) is 37.0 Å². The molecule has 2 aliphatic heterocycles. The molecule has 3 atom stereocenters. The van der Waals surface area contributed by atoms with Crippen LogP contribution in [0.2, 0.25) is 0 Å². The molecule has 0 aromatic rings. The number of fused-ring (bicyclic) bond motifs is 3. The van der Waals surface area contributed by atoms with E-state index in [1.807, 2.05) is 0 Å². The summed E-state index contributed by atoms with van der Waals surface area (Å²) in [5.41, 5.74) is 2.37. The maximum Gasteiger partial charge on any atom is 0.0429 e. The lowest BCUT2D eigenvalue weighted by Crippen LogP contribution is -2.44. The molecule has 2 heterocycles. The van der Waals surface area contributed by atoms with Crippen LogP contribution in [0.4, 0.5) is 0 Å². The maximum absolute atomic E-state index is 4.37. The highest BCUT2D eigenvalue weighted by Gasteiger charge is 2.62. The highest BCUT2D eigenvalue weighted by molar-refractivity contribution is 5.31. The molecule has 1 aliphatic carbocycles. The number of rotatable bonds is 1. The van der Waals surface area contributed by atoms with Crippen molar-refractivity contribution in [3.8, 4) is 0 Å². The standard InChI is InChI=1S/C14H23N/c1-10-5-6-15-12-7-11(12)8-14(10,15)9-13(2,3)4/h11-12H,1,5-9H2,2-4H3/t11-,12-,14?/m1/s1. The van der Waals surface area contributed by atoms with Crippen LogP contribution < -0.4 is 0 Å². The number of piperidine rings is 1. The molecular weight excluding hydrogens is 182 g/mol. The van der Waals surface area contributed by atoms with Gasteiger partial charge in [0.15, 0.2) is 0 Å². The molecule has 0 radical (unpaired) electrons. The normalized spacial score (nSPS) is 44.3. The maximum atomic E-state index is 4.37. The number of hydrogen-bond acceptors (Lipinski definition) is 1. The van der Waals surface area contributed by atoms with Crippen LogP contribution in [0, 0.1) is 11.3 Å². The molecular formula is C14H23N. The minimum absolute atomic E-state index is 0.409. The van der Waals surface area contributed by atoms with Gasteiger partial charge in [-0.3, -0.25) is 4.90 Å². The van der Waals surface area contributed by atoms with Crippen LogP contribution in [0.5, 0.6) is 0 Å². The minimum Gasteiger partial charge on any atom is -0.290 e. The van der Waals surface area contributed by atoms with Crippen LogP contribution in [0.15, 0.2) is 12.2 Å². The van der Waals surface area contributed by atoms with E-state index in [0.29, 0.717) is 11.0 Å². The van der Waals surface area contributed by atoms with Crippen LogP contribution in [0.3, 0.4) is 0 Å². The molecule has 0 aromatic carbocycles. The summed E-state index contributed by atoms with van der Waals surface area (Å²) < 4.78 is 0. The Kier molecular flexibility index (Phi) is 1.77. The third kappa shape index (κ3) is 1.32. The first kappa shape index (κ1) is 9.89. The summed E-state index contributed by atoms with van der Waals surface area (Å²) >= 11 is 0. The molecule has 3 rings (SSSR count). The SMILES string of the molecule is C=C1CCN2[C@@H]3C[C@@H]3CC12CC(C)(C)C. The van der Waals surface area contributed by atoms with E-state index < -0.39 is 0 Å². The van der Waals surface area contributed by atoms with Gasteiger partial charge in [0.2, 0.25) is 0 Å². The molecule has 1 nitrogen and oxygen atoms in total. The van der Waals surface area contributed by atoms with Gasteiger partial charge in [-0.25, -0.2) is 0 Å². The average molecular weight is 205 g/mol. The van der Waals surface area contributed by atoms with Gasteiger partial charge in [-0.1, -0.05) is 32.9 Å². The topological polar surface area (TPSA) is 3.24 Å². The molecule has 0 spiro atoms. The van der Waals surface area contributed by atoms with E-state index in [9.17, 15) is 0 Å². The summed E-state index contributed by atoms with van der Waals surface area (Å²) in [5.74, 6) is 1.02. The molecule has 0 aromatic heterocycles. The first-order valence-electron chi connectivity index (χ1n) is 6.37. The Hall–Kier alpha value is -0.300. The van der Waals surface area contributed by atoms with Crippen LogP contribution in [0.25, 0.3) is 0 Å². The quantitative estimate of drug-likeness (QED) is 0.594. The molecule has 0 N–H and O–H groups in total. The van der Waals surface area contributed by atoms with Crippen molar-refractivity contribution in [2.75, 3.05) is 6.54 Å². The summed E-state index contributed by atoms with van der Waals surface area (Å²) in [6, 6.07) is 0.937. The fourth-order valence-electron chi connectivity index (χ4n) is 4.09. The summed E-state index contributed by atoms with van der Waals surface area (Å²) in [6.45, 7) is 12.8. The second kappa shape index (κ2) is 2.68. The zero-order valence-electron chi connectivity index (χ0n) is 10.3. The Morgan fingerprint density at radius 3 is 2.87 bits per heavy atom. The van der Waals surface area contributed by atoms with Crippen LogP contribution in [-0.4, -0.2) is 23.0 Å². The highest BCUT2D eigenvalue weighted by Crippen LogP contribution is 2.60. The van der Waals surface area contributed by atoms with Crippen LogP contribution in [-0.2, 0) is 0 Å². The molecule has 15 heavy (non-hydrogen) atoms. The van der Waals surface area contributed by atoms with Gasteiger partial charge in [0.1, 0.15) is 0 Å². The average Bonchev–Trinajstić information content (AvgIpc) is 2.65. The smallest absolute Gasteiger partial charge is 0.0429 e. The predicted molar refractivity (Wildman–Crippen MR) is 63.8 cm³/mol. The van der Waals surface area contributed by atoms with Crippen molar-refractivity contribution in [1.82, 2.24) is 4.90 Å². The Bertz CT molecular complexity index is 312. The van der Waals surface area contributed by atoms with Crippen molar-refractivity contribution in [2.24, 2.45) is 11.3 Å². The van der Waals surface area contributed by atoms with Gasteiger partial charge < -0.3 is 0 Å². The molecule has 1 unspecified atom stereocenters. The molecule has 3 fully saturated rings. The second-order valence-corrected chi connectivity index (χ2v) is 7.08. The minimum atomic E-state index is 0.409. The van der Waals surface area contributed by atoms with Gasteiger partial charge in [0, 0.05) is 18.1 Å². The molecule has 3 aliphatic rings. The molecule has 1 saturated carbocycles. The Morgan fingerprint density at radius 2 is 2.20 bits per heavy atom. The first-order valence-corrected chi connectivity index (χ1v) is 6.37. The number of nitrogens with zero attached hydrogens (tertiary/aromatic N) is 1. The summed E-state index contributed by atoms with van der Waals surface area (Å²) in [7, 11) is 0. The van der Waals surface area contributed by atoms with Crippen molar-refractivity contribution in [2.45, 2.75) is 58.0 Å². The lowest BCUT2D eigenvalue weighted by atomic mass is 9.74. The second-order valence-electron chi connectivity index (χ2n) is 7.08. The monoisotopic (exact) mass is 205 g/mol. The van der Waals surface area contributed by atoms with Gasteiger partial charge in [-0.15, -0.1) is 0 Å². The largest absolute Gasteiger partial charge is 0.290 e. The lowest BCUT2D eigenvalue weighted by molar-refractivity contribution is 0.129. The van der Waals surface area contributed by atoms with E-state index in [4.69, 9.17) is 0 Å². The van der Waals surface area contributed by atoms with Gasteiger partial charge in [0.05, 0.1) is 0 Å². The highest BCUT2D eigenvalue weighted by atomic mass is 15.3. The van der Waals surface area contributed by atoms with E-state index in [-0.39, 0.29) is 0 Å². The van der Waals surface area contributed by atoms with Crippen LogP contribution in [0.1, 0.15) is 46.5 Å². The number of hydrogen-bond donors (Lipinski definition) is 0. The van der Waals surface area contributed by atoms with Crippen molar-refractivity contribution >= 4 is 0 Å². The molecule has 1 heteroatoms. The van der Waals surface area contributed by atoms with Gasteiger partial charge in [-0.2, -0.15) is 0 Å². The summed E-state index contributed by atoms with van der Waals surface area (Å²) in [4.78, 5) is 2.80. The zero-order valence-corrected chi connectivity index (χ0v) is 10.3. The van der Waals surface area contributed by atoms with E-state index >= 15 is 0 Å². The third-order valence-electron chi connectivity index (χ3n) is 4.57. The van der Waals surface area contributed by atoms with Crippen LogP contribution >= 0.6 is 0 Å². The summed E-state index contributed by atoms with van der Waals surface area (Å²) in [5, 5.41) is 0. The van der Waals surface area contributed by atoms with E-state index in [2.05, 4.69) is 32.3 Å². The molecule has 0 amide bonds. The molecule has 0 bridgehead atoms. The Morgan fingerprint density at radius 1 is 1.47 bits per heavy atom. The van der Waals surface area contributed by atoms with Crippen molar-refractivity contribution in [3.05, 3.63) is 12.2 Å². The predicted octanol–water partition coefficient (Wildman–Crippen LogP) is 3.22. The lowest BCUT2D eigenvalue weighted by Gasteiger charge is -2.40. The first-order chi connectivity index (χ1) is 6.92. The van der Waals surface area contributed by atoms with E-state index in [1.165, 1.54) is 37.8 Å². The van der Waals surface area contributed by atoms with Crippen molar-refractivity contribution in [1.29, 1.82) is 0 Å². The van der Waals surface area contributed by atoms with Crippen molar-refractivity contribution < 1.29 is 0 Å². The van der Waals surface area contributed by atoms with Crippen molar-refractivity contribution in [3.63, 3.8) is 0 Å². The zero-order chi connectivity index (χ0) is 10.8. The Balaban J connectivity index is 1.90. The van der Waals surface area contributed by atoms with E-state index in [1.54, 1.807) is 0 Å². The fourth-order valence-corrected chi connectivity index (χ4v) is 4.09. The van der Waals surface area contributed by atoms with Gasteiger partial charge in [0.25, 0.3) is 0 Å². The summed E-state index contributed by atoms with van der Waals surface area (Å²) in [6.07, 6.45) is 5.44.